The largest absolute Gasteiger partial charge is 0.390 e. The first-order valence-electron chi connectivity index (χ1n) is 6.12. The van der Waals surface area contributed by atoms with Crippen molar-refractivity contribution in [3.8, 4) is 0 Å². The number of carbonyl (C=O) groups excluding carboxylic acids is 1. The maximum absolute atomic E-state index is 11.9. The lowest BCUT2D eigenvalue weighted by molar-refractivity contribution is -0.135. The fourth-order valence-corrected chi connectivity index (χ4v) is 2.18. The van der Waals surface area contributed by atoms with Gasteiger partial charge in [-0.05, 0) is 11.6 Å². The average molecular weight is 272 g/mol. The third-order valence-corrected chi connectivity index (χ3v) is 3.10. The van der Waals surface area contributed by atoms with Gasteiger partial charge in [0.05, 0.1) is 6.42 Å². The van der Waals surface area contributed by atoms with E-state index in [0.29, 0.717) is 6.54 Å². The van der Waals surface area contributed by atoms with E-state index >= 15 is 0 Å². The topological polar surface area (TPSA) is 41.1 Å². The summed E-state index contributed by atoms with van der Waals surface area (Å²) in [5.74, 6) is -0.310. The first kappa shape index (κ1) is 13.7. The Labute approximate surface area is 109 Å². The Morgan fingerprint density at radius 3 is 2.84 bits per heavy atom. The van der Waals surface area contributed by atoms with Gasteiger partial charge in [-0.1, -0.05) is 18.2 Å². The van der Waals surface area contributed by atoms with Crippen molar-refractivity contribution in [3.05, 3.63) is 29.8 Å². The van der Waals surface area contributed by atoms with Crippen molar-refractivity contribution in [2.24, 2.45) is 0 Å². The molecule has 0 radical (unpaired) electrons. The zero-order chi connectivity index (χ0) is 13.9. The summed E-state index contributed by atoms with van der Waals surface area (Å²) in [5, 5.41) is 5.49. The zero-order valence-electron chi connectivity index (χ0n) is 10.3. The second-order valence-electron chi connectivity index (χ2n) is 4.58. The van der Waals surface area contributed by atoms with Crippen LogP contribution >= 0.6 is 0 Å². The molecule has 1 aromatic carbocycles. The molecule has 104 valence electrons. The van der Waals surface area contributed by atoms with E-state index < -0.39 is 12.6 Å². The van der Waals surface area contributed by atoms with Gasteiger partial charge < -0.3 is 10.6 Å². The molecule has 0 saturated carbocycles. The van der Waals surface area contributed by atoms with Crippen LogP contribution in [0.15, 0.2) is 24.3 Å². The van der Waals surface area contributed by atoms with E-state index in [2.05, 4.69) is 10.6 Å². The number of hydrogen-bond acceptors (Lipinski definition) is 2. The summed E-state index contributed by atoms with van der Waals surface area (Å²) in [4.78, 5) is 11.6. The monoisotopic (exact) mass is 272 g/mol. The highest BCUT2D eigenvalue weighted by Crippen LogP contribution is 2.33. The van der Waals surface area contributed by atoms with E-state index in [-0.39, 0.29) is 24.8 Å². The lowest BCUT2D eigenvalue weighted by atomic mass is 9.97. The van der Waals surface area contributed by atoms with E-state index in [9.17, 15) is 18.0 Å². The Bertz CT molecular complexity index is 459. The number of hydrogen-bond donors (Lipinski definition) is 2. The molecule has 2 N–H and O–H groups in total. The number of fused-ring (bicyclic) bond motifs is 1. The van der Waals surface area contributed by atoms with Gasteiger partial charge in [0.2, 0.25) is 5.91 Å². The molecule has 1 aromatic rings. The van der Waals surface area contributed by atoms with Crippen molar-refractivity contribution in [3.63, 3.8) is 0 Å². The molecule has 19 heavy (non-hydrogen) atoms. The Morgan fingerprint density at radius 1 is 1.37 bits per heavy atom. The quantitative estimate of drug-likeness (QED) is 0.884. The van der Waals surface area contributed by atoms with Crippen molar-refractivity contribution < 1.29 is 18.0 Å². The smallest absolute Gasteiger partial charge is 0.384 e. The van der Waals surface area contributed by atoms with Crippen LogP contribution in [0.3, 0.4) is 0 Å². The highest BCUT2D eigenvalue weighted by Gasteiger charge is 2.27. The summed E-state index contributed by atoms with van der Waals surface area (Å²) in [5.41, 5.74) is 2.05. The number of rotatable bonds is 4. The molecule has 0 saturated heterocycles. The Balaban J connectivity index is 1.81. The first-order chi connectivity index (χ1) is 8.96. The second kappa shape index (κ2) is 5.50. The molecular formula is C13H15F3N2O. The lowest BCUT2D eigenvalue weighted by Gasteiger charge is -2.11. The zero-order valence-corrected chi connectivity index (χ0v) is 10.3. The van der Waals surface area contributed by atoms with Gasteiger partial charge in [-0.2, -0.15) is 13.2 Å². The molecule has 1 unspecified atom stereocenters. The van der Waals surface area contributed by atoms with Gasteiger partial charge in [-0.25, -0.2) is 0 Å². The van der Waals surface area contributed by atoms with Crippen LogP contribution in [0.1, 0.15) is 24.3 Å². The minimum Gasteiger partial charge on any atom is -0.384 e. The van der Waals surface area contributed by atoms with Crippen LogP contribution in [0, 0.1) is 0 Å². The molecule has 6 heteroatoms. The molecule has 3 nitrogen and oxygen atoms in total. The maximum atomic E-state index is 11.9. The lowest BCUT2D eigenvalue weighted by Crippen LogP contribution is -2.29. The van der Waals surface area contributed by atoms with E-state index in [1.165, 1.54) is 0 Å². The molecule has 0 bridgehead atoms. The summed E-state index contributed by atoms with van der Waals surface area (Å²) in [7, 11) is 0. The highest BCUT2D eigenvalue weighted by atomic mass is 19.4. The summed E-state index contributed by atoms with van der Waals surface area (Å²) < 4.78 is 35.8. The van der Waals surface area contributed by atoms with E-state index in [1.807, 2.05) is 24.3 Å². The van der Waals surface area contributed by atoms with Crippen LogP contribution in [-0.2, 0) is 4.79 Å². The van der Waals surface area contributed by atoms with Gasteiger partial charge >= 0.3 is 6.18 Å². The normalized spacial score (nSPS) is 17.7. The number of amides is 1. The van der Waals surface area contributed by atoms with Gasteiger partial charge in [0.15, 0.2) is 0 Å². The van der Waals surface area contributed by atoms with Crippen LogP contribution in [0.25, 0.3) is 0 Å². The second-order valence-corrected chi connectivity index (χ2v) is 4.58. The molecule has 1 aliphatic rings. The Hall–Kier alpha value is -1.72. The summed E-state index contributed by atoms with van der Waals surface area (Å²) in [6.45, 7) is 0.288. The van der Waals surface area contributed by atoms with Crippen LogP contribution in [0.2, 0.25) is 0 Å². The summed E-state index contributed by atoms with van der Waals surface area (Å²) in [6.07, 6.45) is -5.01. The highest BCUT2D eigenvalue weighted by molar-refractivity contribution is 5.78. The standard InChI is InChI=1S/C13H15F3N2O/c14-13(15,16)5-6-17-12(19)7-9-8-18-11-4-2-1-3-10(9)11/h1-4,9,18H,5-8H2,(H,17,19). The van der Waals surface area contributed by atoms with Gasteiger partial charge in [0, 0.05) is 31.1 Å². The number of nitrogens with one attached hydrogen (secondary N) is 2. The third kappa shape index (κ3) is 3.87. The average Bonchev–Trinajstić information content (AvgIpc) is 2.71. The molecule has 2 rings (SSSR count). The van der Waals surface area contributed by atoms with Crippen LogP contribution < -0.4 is 10.6 Å². The van der Waals surface area contributed by atoms with Gasteiger partial charge in [-0.15, -0.1) is 0 Å². The van der Waals surface area contributed by atoms with Gasteiger partial charge in [-0.3, -0.25) is 4.79 Å². The molecule has 0 aromatic heterocycles. The first-order valence-corrected chi connectivity index (χ1v) is 6.12. The van der Waals surface area contributed by atoms with E-state index in [0.717, 1.165) is 11.3 Å². The SMILES string of the molecule is O=C(CC1CNc2ccccc21)NCCC(F)(F)F. The van der Waals surface area contributed by atoms with Crippen LogP contribution in [0.5, 0.6) is 0 Å². The minimum atomic E-state index is -4.23. The van der Waals surface area contributed by atoms with E-state index in [4.69, 9.17) is 0 Å². The number of carbonyl (C=O) groups is 1. The number of para-hydroxylation sites is 1. The molecule has 1 atom stereocenters. The van der Waals surface area contributed by atoms with Gasteiger partial charge in [0.1, 0.15) is 0 Å². The number of halogens is 3. The molecule has 1 amide bonds. The van der Waals surface area contributed by atoms with Crippen molar-refractivity contribution in [2.45, 2.75) is 24.9 Å². The molecule has 0 spiro atoms. The Morgan fingerprint density at radius 2 is 2.11 bits per heavy atom. The molecule has 1 aliphatic heterocycles. The number of alkyl halides is 3. The summed E-state index contributed by atoms with van der Waals surface area (Å²) in [6, 6.07) is 7.65. The van der Waals surface area contributed by atoms with Crippen LogP contribution in [0.4, 0.5) is 18.9 Å². The fourth-order valence-electron chi connectivity index (χ4n) is 2.18. The molecular weight excluding hydrogens is 257 g/mol. The maximum Gasteiger partial charge on any atom is 0.390 e. The molecule has 0 fully saturated rings. The van der Waals surface area contributed by atoms with Gasteiger partial charge in [0.25, 0.3) is 0 Å². The van der Waals surface area contributed by atoms with Crippen LogP contribution in [-0.4, -0.2) is 25.2 Å². The fraction of sp³-hybridized carbons (Fsp3) is 0.462. The summed E-state index contributed by atoms with van der Waals surface area (Å²) >= 11 is 0. The number of anilines is 1. The van der Waals surface area contributed by atoms with E-state index in [1.54, 1.807) is 0 Å². The predicted octanol–water partition coefficient (Wildman–Crippen LogP) is 2.65. The number of benzene rings is 1. The minimum absolute atomic E-state index is 0.0297. The van der Waals surface area contributed by atoms with Crippen molar-refractivity contribution in [1.82, 2.24) is 5.32 Å². The third-order valence-electron chi connectivity index (χ3n) is 3.10. The predicted molar refractivity (Wildman–Crippen MR) is 66.0 cm³/mol. The molecule has 0 aliphatic carbocycles. The van der Waals surface area contributed by atoms with Crippen molar-refractivity contribution >= 4 is 11.6 Å². The molecule has 1 heterocycles. The van der Waals surface area contributed by atoms with Crippen molar-refractivity contribution in [2.75, 3.05) is 18.4 Å². The Kier molecular flexibility index (Phi) is 3.97. The van der Waals surface area contributed by atoms with Crippen molar-refractivity contribution in [1.29, 1.82) is 0 Å².